The van der Waals surface area contributed by atoms with Crippen LogP contribution in [0, 0.1) is 0 Å². The summed E-state index contributed by atoms with van der Waals surface area (Å²) in [7, 11) is 0. The molecule has 2 rings (SSSR count). The molecule has 6 heteroatoms. The Hall–Kier alpha value is -2.60. The van der Waals surface area contributed by atoms with Gasteiger partial charge in [0.05, 0.1) is 12.3 Å². The lowest BCUT2D eigenvalue weighted by Gasteiger charge is -2.23. The summed E-state index contributed by atoms with van der Waals surface area (Å²) >= 11 is 0. The summed E-state index contributed by atoms with van der Waals surface area (Å²) < 4.78 is 15.8. The molecule has 0 radical (unpaired) electrons. The van der Waals surface area contributed by atoms with Gasteiger partial charge in [-0.1, -0.05) is 30.3 Å². The van der Waals surface area contributed by atoms with Crippen LogP contribution in [0.5, 0.6) is 0 Å². The van der Waals surface area contributed by atoms with E-state index < -0.39 is 17.7 Å². The van der Waals surface area contributed by atoms with Crippen molar-refractivity contribution in [2.45, 2.75) is 45.4 Å². The van der Waals surface area contributed by atoms with Crippen LogP contribution in [0.4, 0.5) is 4.79 Å². The fourth-order valence-corrected chi connectivity index (χ4v) is 2.29. The van der Waals surface area contributed by atoms with E-state index >= 15 is 0 Å². The first kappa shape index (κ1) is 19.7. The standard InChI is InChI=1S/C20H25NO5/c1-20(2,3)26-19(23)21-17(12-15-8-5-4-6-9-15)18(22)14-24-13-16-10-7-11-25-16/h4-11,17H,12-14H2,1-3H3,(H,21,23)/t17-/m0/s1. The number of furan rings is 1. The summed E-state index contributed by atoms with van der Waals surface area (Å²) in [5.74, 6) is 0.406. The summed E-state index contributed by atoms with van der Waals surface area (Å²) in [6, 6.07) is 12.3. The third kappa shape index (κ3) is 7.11. The van der Waals surface area contributed by atoms with Gasteiger partial charge in [0.2, 0.25) is 0 Å². The van der Waals surface area contributed by atoms with Gasteiger partial charge in [0.15, 0.2) is 5.78 Å². The molecule has 0 saturated carbocycles. The van der Waals surface area contributed by atoms with Gasteiger partial charge in [-0.2, -0.15) is 0 Å². The van der Waals surface area contributed by atoms with E-state index in [1.807, 2.05) is 30.3 Å². The molecule has 1 aromatic heterocycles. The minimum Gasteiger partial charge on any atom is -0.467 e. The van der Waals surface area contributed by atoms with E-state index in [-0.39, 0.29) is 19.0 Å². The van der Waals surface area contributed by atoms with Crippen LogP contribution in [0.25, 0.3) is 0 Å². The van der Waals surface area contributed by atoms with E-state index in [1.165, 1.54) is 0 Å². The van der Waals surface area contributed by atoms with Gasteiger partial charge in [0.25, 0.3) is 0 Å². The topological polar surface area (TPSA) is 77.8 Å². The van der Waals surface area contributed by atoms with Crippen LogP contribution in [0.1, 0.15) is 32.1 Å². The largest absolute Gasteiger partial charge is 0.467 e. The number of rotatable bonds is 8. The van der Waals surface area contributed by atoms with E-state index in [2.05, 4.69) is 5.32 Å². The molecule has 0 bridgehead atoms. The van der Waals surface area contributed by atoms with Crippen molar-refractivity contribution in [3.63, 3.8) is 0 Å². The second-order valence-electron chi connectivity index (χ2n) is 6.93. The highest BCUT2D eigenvalue weighted by molar-refractivity contribution is 5.88. The molecule has 0 aliphatic rings. The second kappa shape index (κ2) is 9.20. The number of benzene rings is 1. The van der Waals surface area contributed by atoms with Gasteiger partial charge in [-0.15, -0.1) is 0 Å². The zero-order valence-electron chi connectivity index (χ0n) is 15.4. The number of ketones is 1. The first-order valence-corrected chi connectivity index (χ1v) is 8.50. The molecule has 0 saturated heterocycles. The highest BCUT2D eigenvalue weighted by atomic mass is 16.6. The van der Waals surface area contributed by atoms with E-state index in [1.54, 1.807) is 39.2 Å². The SMILES string of the molecule is CC(C)(C)OC(=O)N[C@@H](Cc1ccccc1)C(=O)COCc1ccco1. The molecule has 1 N–H and O–H groups in total. The van der Waals surface area contributed by atoms with Crippen molar-refractivity contribution in [1.82, 2.24) is 5.32 Å². The van der Waals surface area contributed by atoms with Gasteiger partial charge in [-0.3, -0.25) is 4.79 Å². The first-order chi connectivity index (χ1) is 12.3. The Balaban J connectivity index is 1.96. The fraction of sp³-hybridized carbons (Fsp3) is 0.400. The van der Waals surface area contributed by atoms with E-state index in [9.17, 15) is 9.59 Å². The fourth-order valence-electron chi connectivity index (χ4n) is 2.29. The quantitative estimate of drug-likeness (QED) is 0.780. The predicted octanol–water partition coefficient (Wildman–Crippen LogP) is 3.50. The molecule has 0 spiro atoms. The van der Waals surface area contributed by atoms with Gasteiger partial charge in [-0.05, 0) is 44.9 Å². The van der Waals surface area contributed by atoms with Crippen molar-refractivity contribution in [3.8, 4) is 0 Å². The lowest BCUT2D eigenvalue weighted by molar-refractivity contribution is -0.126. The van der Waals surface area contributed by atoms with Crippen LogP contribution >= 0.6 is 0 Å². The van der Waals surface area contributed by atoms with Crippen LogP contribution in [0.15, 0.2) is 53.1 Å². The summed E-state index contributed by atoms with van der Waals surface area (Å²) in [5, 5.41) is 2.65. The zero-order valence-corrected chi connectivity index (χ0v) is 15.4. The third-order valence-electron chi connectivity index (χ3n) is 3.43. The highest BCUT2D eigenvalue weighted by Crippen LogP contribution is 2.10. The maximum absolute atomic E-state index is 12.6. The second-order valence-corrected chi connectivity index (χ2v) is 6.93. The van der Waals surface area contributed by atoms with Crippen LogP contribution in [0.3, 0.4) is 0 Å². The summed E-state index contributed by atoms with van der Waals surface area (Å²) in [4.78, 5) is 24.6. The number of hydrogen-bond donors (Lipinski definition) is 1. The van der Waals surface area contributed by atoms with Gasteiger partial charge >= 0.3 is 6.09 Å². The Bertz CT molecular complexity index is 689. The van der Waals surface area contributed by atoms with Crippen LogP contribution in [-0.4, -0.2) is 30.1 Å². The van der Waals surface area contributed by atoms with Gasteiger partial charge < -0.3 is 19.2 Å². The van der Waals surface area contributed by atoms with Gasteiger partial charge in [0.1, 0.15) is 24.6 Å². The average Bonchev–Trinajstić information content (AvgIpc) is 3.06. The highest BCUT2D eigenvalue weighted by Gasteiger charge is 2.24. The molecule has 2 aromatic rings. The summed E-state index contributed by atoms with van der Waals surface area (Å²) in [6.45, 7) is 5.38. The van der Waals surface area contributed by atoms with Crippen molar-refractivity contribution in [2.24, 2.45) is 0 Å². The monoisotopic (exact) mass is 359 g/mol. The molecule has 26 heavy (non-hydrogen) atoms. The molecular formula is C20H25NO5. The van der Waals surface area contributed by atoms with Crippen molar-refractivity contribution in [2.75, 3.05) is 6.61 Å². The van der Waals surface area contributed by atoms with Crippen LogP contribution in [-0.2, 0) is 27.3 Å². The summed E-state index contributed by atoms with van der Waals surface area (Å²) in [6.07, 6.45) is 1.28. The molecule has 1 amide bonds. The maximum atomic E-state index is 12.6. The van der Waals surface area contributed by atoms with E-state index in [0.717, 1.165) is 5.56 Å². The Morgan fingerprint density at radius 2 is 1.85 bits per heavy atom. The van der Waals surface area contributed by atoms with Crippen molar-refractivity contribution >= 4 is 11.9 Å². The number of carbonyl (C=O) groups is 2. The molecule has 1 aromatic carbocycles. The number of nitrogens with one attached hydrogen (secondary N) is 1. The number of hydrogen-bond acceptors (Lipinski definition) is 5. The predicted molar refractivity (Wildman–Crippen MR) is 96.7 cm³/mol. The zero-order chi connectivity index (χ0) is 19.0. The smallest absolute Gasteiger partial charge is 0.408 e. The minimum absolute atomic E-state index is 0.131. The lowest BCUT2D eigenvalue weighted by atomic mass is 10.0. The van der Waals surface area contributed by atoms with E-state index in [4.69, 9.17) is 13.9 Å². The molecule has 1 heterocycles. The number of carbonyl (C=O) groups excluding carboxylic acids is 2. The number of alkyl carbamates (subject to hydrolysis) is 1. The van der Waals surface area contributed by atoms with Crippen LogP contribution in [0.2, 0.25) is 0 Å². The van der Waals surface area contributed by atoms with Crippen molar-refractivity contribution in [3.05, 3.63) is 60.1 Å². The van der Waals surface area contributed by atoms with Crippen molar-refractivity contribution < 1.29 is 23.5 Å². The Labute approximate surface area is 153 Å². The molecule has 0 unspecified atom stereocenters. The Morgan fingerprint density at radius 3 is 2.46 bits per heavy atom. The van der Waals surface area contributed by atoms with Crippen molar-refractivity contribution in [1.29, 1.82) is 0 Å². The summed E-state index contributed by atoms with van der Waals surface area (Å²) in [5.41, 5.74) is 0.299. The van der Waals surface area contributed by atoms with Crippen LogP contribution < -0.4 is 5.32 Å². The third-order valence-corrected chi connectivity index (χ3v) is 3.43. The molecule has 140 valence electrons. The maximum Gasteiger partial charge on any atom is 0.408 e. The molecule has 6 nitrogen and oxygen atoms in total. The first-order valence-electron chi connectivity index (χ1n) is 8.50. The molecule has 0 aliphatic carbocycles. The molecule has 0 aliphatic heterocycles. The Morgan fingerprint density at radius 1 is 1.12 bits per heavy atom. The van der Waals surface area contributed by atoms with E-state index in [0.29, 0.717) is 12.2 Å². The molecule has 1 atom stereocenters. The Kier molecular flexibility index (Phi) is 6.97. The minimum atomic E-state index is -0.733. The lowest BCUT2D eigenvalue weighted by Crippen LogP contribution is -2.46. The molecule has 0 fully saturated rings. The van der Waals surface area contributed by atoms with Gasteiger partial charge in [0, 0.05) is 0 Å². The average molecular weight is 359 g/mol. The molecular weight excluding hydrogens is 334 g/mol. The number of amides is 1. The number of Topliss-reactive ketones (excluding diaryl/α,β-unsaturated/α-hetero) is 1. The van der Waals surface area contributed by atoms with Gasteiger partial charge in [-0.25, -0.2) is 4.79 Å². The number of ether oxygens (including phenoxy) is 2. The normalized spacial score (nSPS) is 12.4.